The van der Waals surface area contributed by atoms with Crippen LogP contribution in [-0.2, 0) is 4.79 Å². The third kappa shape index (κ3) is 2.58. The SMILES string of the molecule is N[C@H](CC(=O)O)c1csc(Br)c1. The molecule has 0 saturated heterocycles. The van der Waals surface area contributed by atoms with E-state index in [-0.39, 0.29) is 6.42 Å². The van der Waals surface area contributed by atoms with Gasteiger partial charge in [0, 0.05) is 6.04 Å². The highest BCUT2D eigenvalue weighted by Gasteiger charge is 2.11. The highest BCUT2D eigenvalue weighted by atomic mass is 79.9. The molecule has 0 aliphatic heterocycles. The lowest BCUT2D eigenvalue weighted by Crippen LogP contribution is -2.13. The van der Waals surface area contributed by atoms with Crippen LogP contribution in [0.3, 0.4) is 0 Å². The third-order valence-electron chi connectivity index (χ3n) is 1.41. The van der Waals surface area contributed by atoms with Crippen LogP contribution in [0.15, 0.2) is 15.2 Å². The Kier molecular flexibility index (Phi) is 3.25. The molecule has 12 heavy (non-hydrogen) atoms. The van der Waals surface area contributed by atoms with Crippen molar-refractivity contribution in [3.8, 4) is 0 Å². The van der Waals surface area contributed by atoms with Gasteiger partial charge in [-0.05, 0) is 32.9 Å². The van der Waals surface area contributed by atoms with Gasteiger partial charge in [0.25, 0.3) is 0 Å². The zero-order valence-electron chi connectivity index (χ0n) is 6.16. The maximum Gasteiger partial charge on any atom is 0.305 e. The van der Waals surface area contributed by atoms with Crippen LogP contribution in [0.1, 0.15) is 18.0 Å². The van der Waals surface area contributed by atoms with E-state index in [1.165, 1.54) is 11.3 Å². The molecule has 0 aliphatic carbocycles. The third-order valence-corrected chi connectivity index (χ3v) is 2.93. The minimum absolute atomic E-state index is 0.0246. The molecular weight excluding hydrogens is 242 g/mol. The van der Waals surface area contributed by atoms with E-state index in [0.717, 1.165) is 9.35 Å². The van der Waals surface area contributed by atoms with Gasteiger partial charge in [0.05, 0.1) is 10.2 Å². The Balaban J connectivity index is 2.64. The average Bonchev–Trinajstić information content (AvgIpc) is 2.34. The Hall–Kier alpha value is -0.390. The second-order valence-electron chi connectivity index (χ2n) is 2.39. The Labute approximate surface area is 82.3 Å². The molecule has 1 aromatic heterocycles. The van der Waals surface area contributed by atoms with Gasteiger partial charge in [-0.3, -0.25) is 4.79 Å². The van der Waals surface area contributed by atoms with Gasteiger partial charge < -0.3 is 10.8 Å². The molecule has 0 spiro atoms. The van der Waals surface area contributed by atoms with Gasteiger partial charge in [-0.1, -0.05) is 0 Å². The average molecular weight is 250 g/mol. The normalized spacial score (nSPS) is 12.8. The summed E-state index contributed by atoms with van der Waals surface area (Å²) < 4.78 is 0.971. The molecule has 3 N–H and O–H groups in total. The monoisotopic (exact) mass is 249 g/mol. The Bertz CT molecular complexity index is 287. The fraction of sp³-hybridized carbons (Fsp3) is 0.286. The van der Waals surface area contributed by atoms with Crippen molar-refractivity contribution in [2.75, 3.05) is 0 Å². The van der Waals surface area contributed by atoms with E-state index in [0.29, 0.717) is 0 Å². The van der Waals surface area contributed by atoms with Crippen molar-refractivity contribution in [3.05, 3.63) is 20.8 Å². The summed E-state index contributed by atoms with van der Waals surface area (Å²) in [7, 11) is 0. The van der Waals surface area contributed by atoms with Gasteiger partial charge in [-0.25, -0.2) is 0 Å². The predicted octanol–water partition coefficient (Wildman–Crippen LogP) is 1.99. The van der Waals surface area contributed by atoms with Crippen molar-refractivity contribution in [1.29, 1.82) is 0 Å². The van der Waals surface area contributed by atoms with Crippen LogP contribution in [0.2, 0.25) is 0 Å². The van der Waals surface area contributed by atoms with E-state index < -0.39 is 12.0 Å². The topological polar surface area (TPSA) is 63.3 Å². The smallest absolute Gasteiger partial charge is 0.305 e. The zero-order chi connectivity index (χ0) is 9.14. The molecule has 66 valence electrons. The van der Waals surface area contributed by atoms with Gasteiger partial charge in [-0.15, -0.1) is 11.3 Å². The summed E-state index contributed by atoms with van der Waals surface area (Å²) >= 11 is 4.79. The quantitative estimate of drug-likeness (QED) is 0.862. The number of aliphatic carboxylic acids is 1. The van der Waals surface area contributed by atoms with Crippen LogP contribution in [0.4, 0.5) is 0 Å². The number of hydrogen-bond donors (Lipinski definition) is 2. The number of carboxylic acids is 1. The Morgan fingerprint density at radius 2 is 2.50 bits per heavy atom. The Morgan fingerprint density at radius 1 is 1.83 bits per heavy atom. The summed E-state index contributed by atoms with van der Waals surface area (Å²) in [6, 6.07) is 1.45. The molecule has 1 rings (SSSR count). The first-order valence-electron chi connectivity index (χ1n) is 3.31. The summed E-state index contributed by atoms with van der Waals surface area (Å²) in [5.41, 5.74) is 6.48. The highest BCUT2D eigenvalue weighted by Crippen LogP contribution is 2.25. The number of halogens is 1. The molecule has 0 aromatic carbocycles. The van der Waals surface area contributed by atoms with Gasteiger partial charge in [0.1, 0.15) is 0 Å². The molecule has 0 bridgehead atoms. The van der Waals surface area contributed by atoms with E-state index in [2.05, 4.69) is 15.9 Å². The number of nitrogens with two attached hydrogens (primary N) is 1. The van der Waals surface area contributed by atoms with Crippen molar-refractivity contribution in [1.82, 2.24) is 0 Å². The summed E-state index contributed by atoms with van der Waals surface area (Å²) in [5, 5.41) is 10.3. The van der Waals surface area contributed by atoms with Gasteiger partial charge in [0.2, 0.25) is 0 Å². The molecule has 0 fully saturated rings. The fourth-order valence-corrected chi connectivity index (χ4v) is 2.06. The molecule has 1 aromatic rings. The lowest BCUT2D eigenvalue weighted by molar-refractivity contribution is -0.137. The van der Waals surface area contributed by atoms with Gasteiger partial charge in [-0.2, -0.15) is 0 Å². The van der Waals surface area contributed by atoms with Crippen molar-refractivity contribution >= 4 is 33.2 Å². The van der Waals surface area contributed by atoms with Crippen LogP contribution < -0.4 is 5.73 Å². The molecular formula is C7H8BrNO2S. The van der Waals surface area contributed by atoms with E-state index in [1.54, 1.807) is 0 Å². The van der Waals surface area contributed by atoms with Crippen molar-refractivity contribution in [2.45, 2.75) is 12.5 Å². The number of carbonyl (C=O) groups is 1. The van der Waals surface area contributed by atoms with Crippen LogP contribution in [0.5, 0.6) is 0 Å². The maximum absolute atomic E-state index is 10.3. The number of carboxylic acid groups (broad SMARTS) is 1. The first-order valence-corrected chi connectivity index (χ1v) is 4.98. The molecule has 0 amide bonds. The molecule has 0 unspecified atom stereocenters. The van der Waals surface area contributed by atoms with Gasteiger partial charge in [0.15, 0.2) is 0 Å². The minimum Gasteiger partial charge on any atom is -0.481 e. The molecule has 0 radical (unpaired) electrons. The van der Waals surface area contributed by atoms with Crippen LogP contribution in [0.25, 0.3) is 0 Å². The van der Waals surface area contributed by atoms with Crippen molar-refractivity contribution in [3.63, 3.8) is 0 Å². The lowest BCUT2D eigenvalue weighted by atomic mass is 10.1. The molecule has 0 aliphatic rings. The van der Waals surface area contributed by atoms with Crippen molar-refractivity contribution in [2.24, 2.45) is 5.73 Å². The van der Waals surface area contributed by atoms with Crippen molar-refractivity contribution < 1.29 is 9.90 Å². The summed E-state index contributed by atoms with van der Waals surface area (Å²) in [4.78, 5) is 10.3. The second-order valence-corrected chi connectivity index (χ2v) is 4.68. The molecule has 5 heteroatoms. The molecule has 1 atom stereocenters. The molecule has 1 heterocycles. The van der Waals surface area contributed by atoms with E-state index >= 15 is 0 Å². The first kappa shape index (κ1) is 9.70. The number of rotatable bonds is 3. The van der Waals surface area contributed by atoms with Crippen LogP contribution >= 0.6 is 27.3 Å². The molecule has 3 nitrogen and oxygen atoms in total. The maximum atomic E-state index is 10.3. The largest absolute Gasteiger partial charge is 0.481 e. The number of hydrogen-bond acceptors (Lipinski definition) is 3. The minimum atomic E-state index is -0.871. The zero-order valence-corrected chi connectivity index (χ0v) is 8.56. The van der Waals surface area contributed by atoms with E-state index in [9.17, 15) is 4.79 Å². The molecule has 0 saturated carbocycles. The van der Waals surface area contributed by atoms with Gasteiger partial charge >= 0.3 is 5.97 Å². The number of thiophene rings is 1. The summed E-state index contributed by atoms with van der Waals surface area (Å²) in [5.74, 6) is -0.871. The van der Waals surface area contributed by atoms with E-state index in [1.807, 2.05) is 11.4 Å². The van der Waals surface area contributed by atoms with Crippen LogP contribution in [0, 0.1) is 0 Å². The predicted molar refractivity (Wildman–Crippen MR) is 51.2 cm³/mol. The highest BCUT2D eigenvalue weighted by molar-refractivity contribution is 9.11. The Morgan fingerprint density at radius 3 is 2.92 bits per heavy atom. The fourth-order valence-electron chi connectivity index (χ4n) is 0.824. The summed E-state index contributed by atoms with van der Waals surface area (Å²) in [6.07, 6.45) is -0.0246. The summed E-state index contributed by atoms with van der Waals surface area (Å²) in [6.45, 7) is 0. The van der Waals surface area contributed by atoms with Crippen LogP contribution in [-0.4, -0.2) is 11.1 Å². The standard InChI is InChI=1S/C7H8BrNO2S/c8-6-1-4(3-12-6)5(9)2-7(10)11/h1,3,5H,2,9H2,(H,10,11)/t5-/m1/s1. The first-order chi connectivity index (χ1) is 5.59. The van der Waals surface area contributed by atoms with E-state index in [4.69, 9.17) is 10.8 Å². The lowest BCUT2D eigenvalue weighted by Gasteiger charge is -2.04. The second kappa shape index (κ2) is 4.02.